The van der Waals surface area contributed by atoms with Crippen LogP contribution in [0, 0.1) is 11.8 Å². The van der Waals surface area contributed by atoms with Crippen molar-refractivity contribution >= 4 is 5.78 Å². The van der Waals surface area contributed by atoms with E-state index in [4.69, 9.17) is 0 Å². The van der Waals surface area contributed by atoms with Gasteiger partial charge in [-0.25, -0.2) is 17.6 Å². The summed E-state index contributed by atoms with van der Waals surface area (Å²) in [5.74, 6) is -18.6. The van der Waals surface area contributed by atoms with Gasteiger partial charge in [0.2, 0.25) is 5.78 Å². The van der Waals surface area contributed by atoms with Crippen LogP contribution in [0.2, 0.25) is 0 Å². The number of Topliss-reactive ketones (excluding diaryl/α,β-unsaturated/α-hetero) is 1. The van der Waals surface area contributed by atoms with Crippen LogP contribution in [-0.4, -0.2) is 42.3 Å². The van der Waals surface area contributed by atoms with E-state index >= 15 is 0 Å². The summed E-state index contributed by atoms with van der Waals surface area (Å²) in [5.41, 5.74) is 0. The van der Waals surface area contributed by atoms with Gasteiger partial charge in [-0.15, -0.1) is 0 Å². The van der Waals surface area contributed by atoms with E-state index in [0.717, 1.165) is 0 Å². The summed E-state index contributed by atoms with van der Waals surface area (Å²) in [5, 5.41) is 0. The zero-order chi connectivity index (χ0) is 22.1. The maximum absolute atomic E-state index is 14.1. The molecule has 0 saturated heterocycles. The maximum Gasteiger partial charge on any atom is 0.426 e. The largest absolute Gasteiger partial charge is 0.426 e. The number of carbonyl (C=O) groups is 1. The van der Waals surface area contributed by atoms with Gasteiger partial charge < -0.3 is 0 Å². The van der Waals surface area contributed by atoms with E-state index in [1.165, 1.54) is 0 Å². The Hall–Kier alpha value is -1.17. The molecule has 1 saturated carbocycles. The predicted octanol–water partition coefficient (Wildman–Crippen LogP) is 6.21. The van der Waals surface area contributed by atoms with Crippen LogP contribution < -0.4 is 0 Å². The lowest BCUT2D eigenvalue weighted by Crippen LogP contribution is -2.53. The number of rotatable bonds is 7. The first-order chi connectivity index (χ1) is 12.4. The van der Waals surface area contributed by atoms with Gasteiger partial charge in [0, 0.05) is 12.3 Å². The first kappa shape index (κ1) is 24.9. The summed E-state index contributed by atoms with van der Waals surface area (Å²) in [6, 6.07) is 0. The minimum Gasteiger partial charge on any atom is -0.293 e. The molecule has 1 nitrogen and oxygen atoms in total. The van der Waals surface area contributed by atoms with Gasteiger partial charge in [0.15, 0.2) is 0 Å². The van der Waals surface area contributed by atoms with Crippen molar-refractivity contribution in [3.63, 3.8) is 0 Å². The van der Waals surface area contributed by atoms with Gasteiger partial charge in [0.1, 0.15) is 0 Å². The minimum atomic E-state index is -6.21. The van der Waals surface area contributed by atoms with Crippen LogP contribution in [-0.2, 0) is 4.79 Å². The Labute approximate surface area is 151 Å². The number of halogens is 12. The van der Waals surface area contributed by atoms with E-state index in [0.29, 0.717) is 6.42 Å². The van der Waals surface area contributed by atoms with Crippen LogP contribution in [0.1, 0.15) is 38.5 Å². The second kappa shape index (κ2) is 8.29. The van der Waals surface area contributed by atoms with Crippen molar-refractivity contribution in [1.82, 2.24) is 0 Å². The average Bonchev–Trinajstić information content (AvgIpc) is 2.56. The molecule has 0 aromatic rings. The highest BCUT2D eigenvalue weighted by Gasteiger charge is 2.65. The van der Waals surface area contributed by atoms with Crippen molar-refractivity contribution in [2.75, 3.05) is 0 Å². The molecule has 1 aliphatic rings. The lowest BCUT2D eigenvalue weighted by molar-refractivity contribution is -0.265. The summed E-state index contributed by atoms with van der Waals surface area (Å²) in [6.07, 6.45) is -24.1. The van der Waals surface area contributed by atoms with Crippen LogP contribution in [0.5, 0.6) is 0 Å². The molecule has 13 heteroatoms. The fourth-order valence-corrected chi connectivity index (χ4v) is 3.24. The standard InChI is InChI=1S/C15H16F12O/c16-10(14(22,23)24)12(18,19)8(7-4-2-1-3-5-7)6-9(28)13(20,21)11(17)15(25,26)27/h7-8,10-11H,1-6H2. The summed E-state index contributed by atoms with van der Waals surface area (Å²) in [6.45, 7) is 0. The minimum absolute atomic E-state index is 0.166. The highest BCUT2D eigenvalue weighted by atomic mass is 19.4. The molecule has 166 valence electrons. The first-order valence-electron chi connectivity index (χ1n) is 8.14. The van der Waals surface area contributed by atoms with Gasteiger partial charge in [-0.1, -0.05) is 19.3 Å². The summed E-state index contributed by atoms with van der Waals surface area (Å²) >= 11 is 0. The SMILES string of the molecule is O=C(CC(C1CCCCC1)C(F)(F)C(F)C(F)(F)F)C(F)(F)C(F)C(F)(F)F. The fraction of sp³-hybridized carbons (Fsp3) is 0.933. The van der Waals surface area contributed by atoms with Crippen molar-refractivity contribution < 1.29 is 57.5 Å². The normalized spacial score (nSPS) is 21.3. The summed E-state index contributed by atoms with van der Waals surface area (Å²) in [4.78, 5) is 11.5. The molecule has 0 aromatic carbocycles. The lowest BCUT2D eigenvalue weighted by Gasteiger charge is -2.37. The number of hydrogen-bond acceptors (Lipinski definition) is 1. The summed E-state index contributed by atoms with van der Waals surface area (Å²) < 4.78 is 155. The lowest BCUT2D eigenvalue weighted by atomic mass is 9.73. The van der Waals surface area contributed by atoms with E-state index in [2.05, 4.69) is 0 Å². The molecule has 0 aromatic heterocycles. The first-order valence-corrected chi connectivity index (χ1v) is 8.14. The number of carbonyl (C=O) groups excluding carboxylic acids is 1. The van der Waals surface area contributed by atoms with Crippen LogP contribution in [0.3, 0.4) is 0 Å². The topological polar surface area (TPSA) is 17.1 Å². The van der Waals surface area contributed by atoms with E-state index < -0.39 is 60.6 Å². The fourth-order valence-electron chi connectivity index (χ4n) is 3.24. The van der Waals surface area contributed by atoms with Crippen LogP contribution in [0.25, 0.3) is 0 Å². The molecular formula is C15H16F12O. The summed E-state index contributed by atoms with van der Waals surface area (Å²) in [7, 11) is 0. The molecule has 1 rings (SSSR count). The molecule has 0 bridgehead atoms. The van der Waals surface area contributed by atoms with Gasteiger partial charge in [0.05, 0.1) is 0 Å². The van der Waals surface area contributed by atoms with Crippen molar-refractivity contribution in [3.05, 3.63) is 0 Å². The number of ketones is 1. The van der Waals surface area contributed by atoms with Crippen molar-refractivity contribution in [3.8, 4) is 0 Å². The average molecular weight is 440 g/mol. The third kappa shape index (κ3) is 5.46. The Morgan fingerprint density at radius 2 is 1.18 bits per heavy atom. The second-order valence-electron chi connectivity index (χ2n) is 6.74. The third-order valence-corrected chi connectivity index (χ3v) is 4.72. The van der Waals surface area contributed by atoms with Gasteiger partial charge in [-0.3, -0.25) is 4.79 Å². The Morgan fingerprint density at radius 1 is 0.750 bits per heavy atom. The Kier molecular flexibility index (Phi) is 7.36. The number of alkyl halides is 12. The Bertz CT molecular complexity index is 532. The van der Waals surface area contributed by atoms with Crippen molar-refractivity contribution in [1.29, 1.82) is 0 Å². The van der Waals surface area contributed by atoms with Gasteiger partial charge in [-0.2, -0.15) is 35.1 Å². The molecule has 1 aliphatic carbocycles. The van der Waals surface area contributed by atoms with Gasteiger partial charge in [-0.05, 0) is 18.8 Å². The van der Waals surface area contributed by atoms with E-state index in [9.17, 15) is 57.5 Å². The van der Waals surface area contributed by atoms with Gasteiger partial charge >= 0.3 is 18.3 Å². The highest BCUT2D eigenvalue weighted by molar-refractivity contribution is 5.86. The Balaban J connectivity index is 3.21. The zero-order valence-corrected chi connectivity index (χ0v) is 14.0. The van der Waals surface area contributed by atoms with Crippen molar-refractivity contribution in [2.24, 2.45) is 11.8 Å². The predicted molar refractivity (Wildman–Crippen MR) is 71.5 cm³/mol. The molecule has 3 unspecified atom stereocenters. The van der Waals surface area contributed by atoms with E-state index in [1.54, 1.807) is 0 Å². The van der Waals surface area contributed by atoms with Gasteiger partial charge in [0.25, 0.3) is 18.3 Å². The highest BCUT2D eigenvalue weighted by Crippen LogP contribution is 2.48. The van der Waals surface area contributed by atoms with E-state index in [1.807, 2.05) is 0 Å². The quantitative estimate of drug-likeness (QED) is 0.430. The molecule has 0 radical (unpaired) electrons. The third-order valence-electron chi connectivity index (χ3n) is 4.72. The second-order valence-corrected chi connectivity index (χ2v) is 6.74. The monoisotopic (exact) mass is 440 g/mol. The molecule has 1 fully saturated rings. The molecule has 28 heavy (non-hydrogen) atoms. The van der Waals surface area contributed by atoms with Crippen molar-refractivity contribution in [2.45, 2.75) is 75.1 Å². The van der Waals surface area contributed by atoms with Crippen LogP contribution in [0.15, 0.2) is 0 Å². The molecular weight excluding hydrogens is 424 g/mol. The molecule has 0 amide bonds. The maximum atomic E-state index is 14.1. The molecule has 0 N–H and O–H groups in total. The number of hydrogen-bond donors (Lipinski definition) is 0. The smallest absolute Gasteiger partial charge is 0.293 e. The molecule has 0 heterocycles. The Morgan fingerprint density at radius 3 is 1.57 bits per heavy atom. The molecule has 3 atom stereocenters. The van der Waals surface area contributed by atoms with E-state index in [-0.39, 0.29) is 25.7 Å². The molecule has 0 aliphatic heterocycles. The van der Waals surface area contributed by atoms with Crippen LogP contribution in [0.4, 0.5) is 52.7 Å². The zero-order valence-electron chi connectivity index (χ0n) is 14.0. The molecule has 0 spiro atoms. The van der Waals surface area contributed by atoms with Crippen LogP contribution >= 0.6 is 0 Å².